The molecule has 2 N–H and O–H groups in total. The lowest BCUT2D eigenvalue weighted by atomic mass is 9.91. The zero-order chi connectivity index (χ0) is 17.5. The predicted molar refractivity (Wildman–Crippen MR) is 84.4 cm³/mol. The van der Waals surface area contributed by atoms with E-state index in [9.17, 15) is 18.0 Å². The minimum absolute atomic E-state index is 0.110. The van der Waals surface area contributed by atoms with Gasteiger partial charge in [0, 0.05) is 37.3 Å². The second kappa shape index (κ2) is 6.37. The lowest BCUT2D eigenvalue weighted by Gasteiger charge is -2.48. The molecule has 2 unspecified atom stereocenters. The number of rotatable bonds is 3. The van der Waals surface area contributed by atoms with Gasteiger partial charge in [-0.05, 0) is 37.6 Å². The van der Waals surface area contributed by atoms with Crippen LogP contribution in [0.1, 0.15) is 40.7 Å². The Morgan fingerprint density at radius 2 is 1.88 bits per heavy atom. The van der Waals surface area contributed by atoms with Crippen LogP contribution >= 0.6 is 0 Å². The lowest BCUT2D eigenvalue weighted by Crippen LogP contribution is -2.58. The summed E-state index contributed by atoms with van der Waals surface area (Å²) < 4.78 is 40.1. The standard InChI is InChI=1S/C17H22F3N3O/c1-22-13-3-2-4-14(22)10-23(9-13)8-12-6-5-11(16(21)24)7-15(12)17(18,19)20/h5-7,13-14H,2-4,8-10H2,1H3,(H2,21,24). The molecule has 2 fully saturated rings. The van der Waals surface area contributed by atoms with Gasteiger partial charge in [0.2, 0.25) is 5.91 Å². The minimum Gasteiger partial charge on any atom is -0.366 e. The zero-order valence-electron chi connectivity index (χ0n) is 13.6. The molecule has 132 valence electrons. The molecule has 1 aromatic rings. The molecule has 2 atom stereocenters. The molecule has 2 aliphatic heterocycles. The number of likely N-dealkylation sites (N-methyl/N-ethyl adjacent to an activating group) is 1. The molecule has 0 saturated carbocycles. The molecule has 3 rings (SSSR count). The van der Waals surface area contributed by atoms with Crippen LogP contribution in [0.15, 0.2) is 18.2 Å². The molecule has 2 aliphatic rings. The van der Waals surface area contributed by atoms with E-state index >= 15 is 0 Å². The monoisotopic (exact) mass is 341 g/mol. The van der Waals surface area contributed by atoms with Crippen LogP contribution < -0.4 is 5.73 Å². The average molecular weight is 341 g/mol. The number of benzene rings is 1. The molecule has 2 bridgehead atoms. The number of likely N-dealkylation sites (tertiary alicyclic amines) is 1. The molecule has 0 aromatic heterocycles. The third-order valence-electron chi connectivity index (χ3n) is 5.26. The number of halogens is 3. The summed E-state index contributed by atoms with van der Waals surface area (Å²) in [7, 11) is 2.11. The number of nitrogens with two attached hydrogens (primary N) is 1. The van der Waals surface area contributed by atoms with Gasteiger partial charge in [0.15, 0.2) is 0 Å². The van der Waals surface area contributed by atoms with Crippen molar-refractivity contribution in [3.05, 3.63) is 34.9 Å². The van der Waals surface area contributed by atoms with E-state index in [2.05, 4.69) is 16.8 Å². The predicted octanol–water partition coefficient (Wildman–Crippen LogP) is 2.47. The number of fused-ring (bicyclic) bond motifs is 2. The summed E-state index contributed by atoms with van der Waals surface area (Å²) >= 11 is 0. The SMILES string of the molecule is CN1C2CCCC1CN(Cc1ccc(C(N)=O)cc1C(F)(F)F)C2. The fraction of sp³-hybridized carbons (Fsp3) is 0.588. The summed E-state index contributed by atoms with van der Waals surface area (Å²) in [5, 5.41) is 0. The third-order valence-corrected chi connectivity index (χ3v) is 5.26. The summed E-state index contributed by atoms with van der Waals surface area (Å²) in [6.45, 7) is 1.80. The molecule has 1 aromatic carbocycles. The van der Waals surface area contributed by atoms with Crippen molar-refractivity contribution >= 4 is 5.91 Å². The van der Waals surface area contributed by atoms with Crippen LogP contribution in [-0.2, 0) is 12.7 Å². The zero-order valence-corrected chi connectivity index (χ0v) is 13.6. The number of nitrogens with zero attached hydrogens (tertiary/aromatic N) is 2. The summed E-state index contributed by atoms with van der Waals surface area (Å²) in [6.07, 6.45) is -1.12. The van der Waals surface area contributed by atoms with Gasteiger partial charge in [-0.1, -0.05) is 12.5 Å². The van der Waals surface area contributed by atoms with E-state index in [1.54, 1.807) is 0 Å². The first kappa shape index (κ1) is 17.2. The van der Waals surface area contributed by atoms with Crippen molar-refractivity contribution < 1.29 is 18.0 Å². The average Bonchev–Trinajstić information content (AvgIpc) is 2.47. The molecule has 0 radical (unpaired) electrons. The number of hydrogen-bond acceptors (Lipinski definition) is 3. The normalized spacial score (nSPS) is 25.7. The molecule has 0 spiro atoms. The maximum Gasteiger partial charge on any atom is 0.416 e. The van der Waals surface area contributed by atoms with Crippen molar-refractivity contribution in [1.29, 1.82) is 0 Å². The Morgan fingerprint density at radius 3 is 2.42 bits per heavy atom. The summed E-state index contributed by atoms with van der Waals surface area (Å²) in [5.74, 6) is -0.846. The van der Waals surface area contributed by atoms with Gasteiger partial charge in [0.1, 0.15) is 0 Å². The highest BCUT2D eigenvalue weighted by Crippen LogP contribution is 2.34. The second-order valence-electron chi connectivity index (χ2n) is 6.83. The highest BCUT2D eigenvalue weighted by atomic mass is 19.4. The lowest BCUT2D eigenvalue weighted by molar-refractivity contribution is -0.138. The van der Waals surface area contributed by atoms with Gasteiger partial charge >= 0.3 is 6.18 Å². The van der Waals surface area contributed by atoms with Gasteiger partial charge in [0.05, 0.1) is 5.56 Å². The van der Waals surface area contributed by atoms with Crippen LogP contribution in [0.5, 0.6) is 0 Å². The van der Waals surface area contributed by atoms with Crippen LogP contribution in [0, 0.1) is 0 Å². The Hall–Kier alpha value is -1.60. The summed E-state index contributed by atoms with van der Waals surface area (Å²) in [6, 6.07) is 4.46. The largest absolute Gasteiger partial charge is 0.416 e. The number of primary amides is 1. The van der Waals surface area contributed by atoms with Crippen LogP contribution in [0.4, 0.5) is 13.2 Å². The van der Waals surface area contributed by atoms with Crippen LogP contribution in [0.3, 0.4) is 0 Å². The molecule has 1 amide bonds. The Bertz CT molecular complexity index is 618. The van der Waals surface area contributed by atoms with E-state index in [4.69, 9.17) is 5.73 Å². The van der Waals surface area contributed by atoms with E-state index in [0.29, 0.717) is 12.1 Å². The van der Waals surface area contributed by atoms with Crippen molar-refractivity contribution in [2.24, 2.45) is 5.73 Å². The summed E-state index contributed by atoms with van der Waals surface area (Å²) in [4.78, 5) is 15.7. The molecule has 0 aliphatic carbocycles. The third kappa shape index (κ3) is 3.42. The second-order valence-corrected chi connectivity index (χ2v) is 6.83. The minimum atomic E-state index is -4.50. The number of piperazine rings is 1. The van der Waals surface area contributed by atoms with Crippen LogP contribution in [0.25, 0.3) is 0 Å². The number of hydrogen-bond donors (Lipinski definition) is 1. The summed E-state index contributed by atoms with van der Waals surface area (Å²) in [5.41, 5.74) is 4.45. The molecule has 7 heteroatoms. The van der Waals surface area contributed by atoms with E-state index in [0.717, 1.165) is 32.0 Å². The van der Waals surface area contributed by atoms with Gasteiger partial charge in [-0.25, -0.2) is 0 Å². The highest BCUT2D eigenvalue weighted by Gasteiger charge is 2.37. The number of alkyl halides is 3. The Labute approximate surface area is 139 Å². The van der Waals surface area contributed by atoms with Gasteiger partial charge in [-0.15, -0.1) is 0 Å². The number of carbonyl (C=O) groups is 1. The van der Waals surface area contributed by atoms with Crippen molar-refractivity contribution in [2.75, 3.05) is 20.1 Å². The van der Waals surface area contributed by atoms with E-state index in [-0.39, 0.29) is 17.7 Å². The molecular weight excluding hydrogens is 319 g/mol. The van der Waals surface area contributed by atoms with Crippen LogP contribution in [-0.4, -0.2) is 47.9 Å². The van der Waals surface area contributed by atoms with E-state index in [1.165, 1.54) is 18.6 Å². The van der Waals surface area contributed by atoms with E-state index in [1.807, 2.05) is 0 Å². The first-order chi connectivity index (χ1) is 11.3. The molecular formula is C17H22F3N3O. The first-order valence-electron chi connectivity index (χ1n) is 8.20. The van der Waals surface area contributed by atoms with Gasteiger partial charge in [-0.3, -0.25) is 14.6 Å². The molecule has 4 nitrogen and oxygen atoms in total. The van der Waals surface area contributed by atoms with Gasteiger partial charge < -0.3 is 5.73 Å². The maximum atomic E-state index is 13.4. The molecule has 2 saturated heterocycles. The first-order valence-corrected chi connectivity index (χ1v) is 8.20. The quantitative estimate of drug-likeness (QED) is 0.919. The number of piperidine rings is 1. The number of carbonyl (C=O) groups excluding carboxylic acids is 1. The van der Waals surface area contributed by atoms with E-state index < -0.39 is 17.6 Å². The Balaban J connectivity index is 1.83. The maximum absolute atomic E-state index is 13.4. The molecule has 2 heterocycles. The van der Waals surface area contributed by atoms with Crippen LogP contribution in [0.2, 0.25) is 0 Å². The highest BCUT2D eigenvalue weighted by molar-refractivity contribution is 5.93. The van der Waals surface area contributed by atoms with Crippen molar-refractivity contribution in [2.45, 2.75) is 44.1 Å². The fourth-order valence-electron chi connectivity index (χ4n) is 3.91. The smallest absolute Gasteiger partial charge is 0.366 e. The Kier molecular flexibility index (Phi) is 4.57. The molecule has 24 heavy (non-hydrogen) atoms. The van der Waals surface area contributed by atoms with Crippen molar-refractivity contribution in [3.63, 3.8) is 0 Å². The van der Waals surface area contributed by atoms with Gasteiger partial charge in [0.25, 0.3) is 0 Å². The van der Waals surface area contributed by atoms with Gasteiger partial charge in [-0.2, -0.15) is 13.2 Å². The van der Waals surface area contributed by atoms with Crippen molar-refractivity contribution in [3.8, 4) is 0 Å². The number of amides is 1. The topological polar surface area (TPSA) is 49.6 Å². The van der Waals surface area contributed by atoms with Crippen molar-refractivity contribution in [1.82, 2.24) is 9.80 Å². The fourth-order valence-corrected chi connectivity index (χ4v) is 3.91. The Morgan fingerprint density at radius 1 is 1.25 bits per heavy atom.